The first-order valence-corrected chi connectivity index (χ1v) is 9.00. The Morgan fingerprint density at radius 2 is 1.96 bits per heavy atom. The number of amides is 1. The number of rotatable bonds is 6. The van der Waals surface area contributed by atoms with E-state index in [-0.39, 0.29) is 17.9 Å². The summed E-state index contributed by atoms with van der Waals surface area (Å²) in [6, 6.07) is 2.99. The first kappa shape index (κ1) is 21.9. The Morgan fingerprint density at radius 3 is 2.46 bits per heavy atom. The van der Waals surface area contributed by atoms with Gasteiger partial charge in [-0.25, -0.2) is 4.39 Å². The van der Waals surface area contributed by atoms with Crippen LogP contribution in [0.15, 0.2) is 21.1 Å². The molecular weight excluding hydrogens is 519 g/mol. The number of hydrogen-bond acceptors (Lipinski definition) is 4. The van der Waals surface area contributed by atoms with Crippen LogP contribution in [-0.4, -0.2) is 35.2 Å². The molecule has 1 unspecified atom stereocenters. The molecule has 0 fully saturated rings. The highest BCUT2D eigenvalue weighted by atomic mass is 79.9. The van der Waals surface area contributed by atoms with Gasteiger partial charge in [0, 0.05) is 11.4 Å². The predicted molar refractivity (Wildman–Crippen MR) is 96.6 cm³/mol. The minimum absolute atomic E-state index is 0.0169. The van der Waals surface area contributed by atoms with Crippen molar-refractivity contribution in [2.24, 2.45) is 0 Å². The zero-order chi connectivity index (χ0) is 18.5. The number of benzene rings is 1. The summed E-state index contributed by atoms with van der Waals surface area (Å²) in [5.74, 6) is -1.39. The Balaban J connectivity index is 3.14. The molecule has 24 heavy (non-hydrogen) atoms. The molecule has 0 aliphatic heterocycles. The first-order chi connectivity index (χ1) is 11.1. The standard InChI is InChI=1S/C13H11Br2Cl3FNO4/c1-6(21)24-10-8(4-7(14)5-9(10)15)11(22)20-12(13(16,17)18)23-3-2-19/h4-5,12H,2-3H2,1H3,(H,20,22). The van der Waals surface area contributed by atoms with Gasteiger partial charge in [0.1, 0.15) is 6.67 Å². The Morgan fingerprint density at radius 1 is 1.33 bits per heavy atom. The monoisotopic (exact) mass is 527 g/mol. The molecule has 1 aromatic carbocycles. The molecule has 1 aromatic rings. The van der Waals surface area contributed by atoms with Gasteiger partial charge in [0.25, 0.3) is 5.91 Å². The van der Waals surface area contributed by atoms with Crippen molar-refractivity contribution in [1.29, 1.82) is 0 Å². The van der Waals surface area contributed by atoms with E-state index in [0.29, 0.717) is 8.95 Å². The lowest BCUT2D eigenvalue weighted by Gasteiger charge is -2.25. The summed E-state index contributed by atoms with van der Waals surface area (Å²) in [6.07, 6.45) is -1.41. The van der Waals surface area contributed by atoms with Crippen molar-refractivity contribution < 1.29 is 23.5 Å². The van der Waals surface area contributed by atoms with Crippen LogP contribution >= 0.6 is 66.7 Å². The zero-order valence-corrected chi connectivity index (χ0v) is 17.5. The van der Waals surface area contributed by atoms with Gasteiger partial charge in [-0.2, -0.15) is 0 Å². The zero-order valence-electron chi connectivity index (χ0n) is 12.0. The van der Waals surface area contributed by atoms with Gasteiger partial charge >= 0.3 is 5.97 Å². The lowest BCUT2D eigenvalue weighted by Crippen LogP contribution is -2.46. The second-order valence-electron chi connectivity index (χ2n) is 4.31. The van der Waals surface area contributed by atoms with Crippen molar-refractivity contribution in [3.8, 4) is 5.75 Å². The minimum atomic E-state index is -2.03. The Bertz CT molecular complexity index is 628. The van der Waals surface area contributed by atoms with E-state index in [1.165, 1.54) is 13.0 Å². The molecule has 1 N–H and O–H groups in total. The van der Waals surface area contributed by atoms with Gasteiger partial charge in [0.15, 0.2) is 12.0 Å². The number of halogens is 6. The average Bonchev–Trinajstić information content (AvgIpc) is 2.44. The molecule has 1 rings (SSSR count). The molecule has 0 aromatic heterocycles. The fourth-order valence-electron chi connectivity index (χ4n) is 1.55. The Hall–Kier alpha value is -0.120. The number of carbonyl (C=O) groups excluding carboxylic acids is 2. The maximum absolute atomic E-state index is 12.5. The molecule has 0 saturated heterocycles. The van der Waals surface area contributed by atoms with Crippen molar-refractivity contribution >= 4 is 78.5 Å². The van der Waals surface area contributed by atoms with Crippen LogP contribution in [0, 0.1) is 0 Å². The van der Waals surface area contributed by atoms with E-state index in [2.05, 4.69) is 37.2 Å². The predicted octanol–water partition coefficient (Wildman–Crippen LogP) is 4.55. The molecule has 11 heteroatoms. The van der Waals surface area contributed by atoms with Crippen molar-refractivity contribution in [2.45, 2.75) is 16.9 Å². The van der Waals surface area contributed by atoms with Crippen LogP contribution in [0.2, 0.25) is 0 Å². The molecule has 0 bridgehead atoms. The molecule has 134 valence electrons. The SMILES string of the molecule is CC(=O)Oc1c(Br)cc(Br)cc1C(=O)NC(OCCF)C(Cl)(Cl)Cl. The average molecular weight is 530 g/mol. The highest BCUT2D eigenvalue weighted by molar-refractivity contribution is 9.11. The molecule has 0 aliphatic rings. The van der Waals surface area contributed by atoms with Gasteiger partial charge in [0.2, 0.25) is 3.79 Å². The summed E-state index contributed by atoms with van der Waals surface area (Å²) < 4.78 is 21.2. The quantitative estimate of drug-likeness (QED) is 0.254. The largest absolute Gasteiger partial charge is 0.425 e. The summed E-state index contributed by atoms with van der Waals surface area (Å²) >= 11 is 23.6. The van der Waals surface area contributed by atoms with E-state index in [1.807, 2.05) is 0 Å². The minimum Gasteiger partial charge on any atom is -0.425 e. The van der Waals surface area contributed by atoms with E-state index in [1.54, 1.807) is 6.07 Å². The van der Waals surface area contributed by atoms with Crippen molar-refractivity contribution in [1.82, 2.24) is 5.32 Å². The number of ether oxygens (including phenoxy) is 2. The van der Waals surface area contributed by atoms with Crippen molar-refractivity contribution in [3.05, 3.63) is 26.6 Å². The fraction of sp³-hybridized carbons (Fsp3) is 0.385. The smallest absolute Gasteiger partial charge is 0.308 e. The van der Waals surface area contributed by atoms with Gasteiger partial charge in [0.05, 0.1) is 16.6 Å². The number of nitrogens with one attached hydrogen (secondary N) is 1. The van der Waals surface area contributed by atoms with Gasteiger partial charge in [-0.1, -0.05) is 50.7 Å². The third-order valence-corrected chi connectivity index (χ3v) is 4.06. The van der Waals surface area contributed by atoms with Crippen LogP contribution in [-0.2, 0) is 9.53 Å². The van der Waals surface area contributed by atoms with E-state index in [9.17, 15) is 14.0 Å². The molecule has 0 spiro atoms. The number of hydrogen-bond donors (Lipinski definition) is 1. The van der Waals surface area contributed by atoms with Gasteiger partial charge < -0.3 is 14.8 Å². The molecular formula is C13H11Br2Cl3FNO4. The molecule has 0 radical (unpaired) electrons. The van der Waals surface area contributed by atoms with Gasteiger partial charge in [-0.3, -0.25) is 9.59 Å². The Labute approximate surface area is 169 Å². The maximum atomic E-state index is 12.5. The molecule has 1 atom stereocenters. The van der Waals surface area contributed by atoms with Gasteiger partial charge in [-0.05, 0) is 28.1 Å². The second-order valence-corrected chi connectivity index (χ2v) is 8.45. The number of esters is 1. The van der Waals surface area contributed by atoms with Crippen LogP contribution in [0.5, 0.6) is 5.75 Å². The fourth-order valence-corrected chi connectivity index (χ4v) is 3.21. The highest BCUT2D eigenvalue weighted by Crippen LogP contribution is 2.35. The summed E-state index contributed by atoms with van der Waals surface area (Å²) in [5.41, 5.74) is -0.0189. The summed E-state index contributed by atoms with van der Waals surface area (Å²) in [7, 11) is 0. The third kappa shape index (κ3) is 6.65. The highest BCUT2D eigenvalue weighted by Gasteiger charge is 2.36. The van der Waals surface area contributed by atoms with Crippen LogP contribution in [0.1, 0.15) is 17.3 Å². The first-order valence-electron chi connectivity index (χ1n) is 6.29. The number of carbonyl (C=O) groups is 2. The molecule has 0 aliphatic carbocycles. The lowest BCUT2D eigenvalue weighted by atomic mass is 10.2. The van der Waals surface area contributed by atoms with E-state index in [4.69, 9.17) is 44.3 Å². The van der Waals surface area contributed by atoms with Crippen molar-refractivity contribution in [3.63, 3.8) is 0 Å². The molecule has 5 nitrogen and oxygen atoms in total. The lowest BCUT2D eigenvalue weighted by molar-refractivity contribution is -0.131. The van der Waals surface area contributed by atoms with Crippen LogP contribution < -0.4 is 10.1 Å². The van der Waals surface area contributed by atoms with E-state index in [0.717, 1.165) is 0 Å². The van der Waals surface area contributed by atoms with E-state index >= 15 is 0 Å². The number of alkyl halides is 4. The summed E-state index contributed by atoms with van der Waals surface area (Å²) in [5, 5.41) is 2.32. The summed E-state index contributed by atoms with van der Waals surface area (Å²) in [4.78, 5) is 23.7. The third-order valence-electron chi connectivity index (χ3n) is 2.42. The molecule has 1 amide bonds. The van der Waals surface area contributed by atoms with Crippen LogP contribution in [0.25, 0.3) is 0 Å². The van der Waals surface area contributed by atoms with Crippen LogP contribution in [0.4, 0.5) is 4.39 Å². The summed E-state index contributed by atoms with van der Waals surface area (Å²) in [6.45, 7) is -0.0171. The van der Waals surface area contributed by atoms with E-state index < -0.39 is 28.6 Å². The van der Waals surface area contributed by atoms with Gasteiger partial charge in [-0.15, -0.1) is 0 Å². The second kappa shape index (κ2) is 9.54. The molecule has 0 saturated carbocycles. The van der Waals surface area contributed by atoms with Crippen molar-refractivity contribution in [2.75, 3.05) is 13.3 Å². The maximum Gasteiger partial charge on any atom is 0.308 e. The Kier molecular flexibility index (Phi) is 8.72. The molecule has 0 heterocycles. The van der Waals surface area contributed by atoms with Crippen LogP contribution in [0.3, 0.4) is 0 Å². The topological polar surface area (TPSA) is 64.6 Å². The normalized spacial score (nSPS) is 12.6.